The number of halogens is 1. The molecule has 0 spiro atoms. The molecule has 2 aromatic carbocycles. The van der Waals surface area contributed by atoms with E-state index in [0.717, 1.165) is 45.4 Å². The van der Waals surface area contributed by atoms with Gasteiger partial charge in [0.25, 0.3) is 0 Å². The van der Waals surface area contributed by atoms with Crippen LogP contribution in [0.5, 0.6) is 0 Å². The standard InChI is InChI=1S/C20H23BrN2O3S/c1-14-12-16(10-11-18(14)21)23(27(2,25)26)13-20(24)22-19-9-5-7-15-6-3-4-8-17(15)19/h3-4,6,8,10-12,19H,5,7,9,13H2,1-2H3,(H,22,24). The number of amides is 1. The maximum absolute atomic E-state index is 12.7. The van der Waals surface area contributed by atoms with Crippen molar-refractivity contribution < 1.29 is 13.2 Å². The van der Waals surface area contributed by atoms with E-state index in [-0.39, 0.29) is 18.5 Å². The average Bonchev–Trinajstić information content (AvgIpc) is 2.61. The van der Waals surface area contributed by atoms with Gasteiger partial charge in [0.05, 0.1) is 18.0 Å². The monoisotopic (exact) mass is 450 g/mol. The lowest BCUT2D eigenvalue weighted by atomic mass is 9.88. The number of sulfonamides is 1. The minimum absolute atomic E-state index is 0.0736. The van der Waals surface area contributed by atoms with Crippen molar-refractivity contribution in [2.24, 2.45) is 0 Å². The molecule has 0 radical (unpaired) electrons. The molecule has 0 bridgehead atoms. The van der Waals surface area contributed by atoms with Crippen molar-refractivity contribution >= 4 is 37.5 Å². The molecule has 1 N–H and O–H groups in total. The zero-order valence-corrected chi connectivity index (χ0v) is 17.8. The number of carbonyl (C=O) groups is 1. The molecule has 1 atom stereocenters. The number of fused-ring (bicyclic) bond motifs is 1. The summed E-state index contributed by atoms with van der Waals surface area (Å²) in [6.45, 7) is 1.64. The van der Waals surface area contributed by atoms with Gasteiger partial charge in [-0.3, -0.25) is 9.10 Å². The molecule has 0 saturated heterocycles. The number of hydrogen-bond acceptors (Lipinski definition) is 3. The minimum Gasteiger partial charge on any atom is -0.348 e. The minimum atomic E-state index is -3.59. The number of hydrogen-bond donors (Lipinski definition) is 1. The van der Waals surface area contributed by atoms with E-state index < -0.39 is 10.0 Å². The fraction of sp³-hybridized carbons (Fsp3) is 0.350. The molecule has 27 heavy (non-hydrogen) atoms. The van der Waals surface area contributed by atoms with Crippen molar-refractivity contribution in [2.45, 2.75) is 32.2 Å². The zero-order valence-electron chi connectivity index (χ0n) is 15.4. The second-order valence-electron chi connectivity index (χ2n) is 6.91. The van der Waals surface area contributed by atoms with Gasteiger partial charge in [-0.05, 0) is 61.1 Å². The predicted molar refractivity (Wildman–Crippen MR) is 111 cm³/mol. The van der Waals surface area contributed by atoms with Gasteiger partial charge in [0.1, 0.15) is 6.54 Å². The highest BCUT2D eigenvalue weighted by Crippen LogP contribution is 2.29. The highest BCUT2D eigenvalue weighted by Gasteiger charge is 2.25. The van der Waals surface area contributed by atoms with E-state index in [1.54, 1.807) is 18.2 Å². The number of anilines is 1. The largest absolute Gasteiger partial charge is 0.348 e. The van der Waals surface area contributed by atoms with Crippen LogP contribution in [0.25, 0.3) is 0 Å². The molecule has 2 aromatic rings. The summed E-state index contributed by atoms with van der Waals surface area (Å²) in [5.41, 5.74) is 3.76. The maximum Gasteiger partial charge on any atom is 0.241 e. The Hall–Kier alpha value is -1.86. The number of nitrogens with zero attached hydrogens (tertiary/aromatic N) is 1. The van der Waals surface area contributed by atoms with Gasteiger partial charge in [-0.2, -0.15) is 0 Å². The molecular weight excluding hydrogens is 428 g/mol. The van der Waals surface area contributed by atoms with E-state index in [1.165, 1.54) is 5.56 Å². The fourth-order valence-electron chi connectivity index (χ4n) is 3.46. The van der Waals surface area contributed by atoms with Gasteiger partial charge in [-0.25, -0.2) is 8.42 Å². The van der Waals surface area contributed by atoms with Crippen molar-refractivity contribution in [3.63, 3.8) is 0 Å². The van der Waals surface area contributed by atoms with Crippen LogP contribution in [0.3, 0.4) is 0 Å². The number of carbonyl (C=O) groups excluding carboxylic acids is 1. The van der Waals surface area contributed by atoms with Crippen LogP contribution in [0.15, 0.2) is 46.9 Å². The van der Waals surface area contributed by atoms with Crippen LogP contribution in [-0.2, 0) is 21.2 Å². The van der Waals surface area contributed by atoms with Crippen LogP contribution in [0.4, 0.5) is 5.69 Å². The first-order chi connectivity index (χ1) is 12.8. The summed E-state index contributed by atoms with van der Waals surface area (Å²) >= 11 is 3.41. The quantitative estimate of drug-likeness (QED) is 0.754. The zero-order chi connectivity index (χ0) is 19.6. The van der Waals surface area contributed by atoms with Gasteiger partial charge in [-0.15, -0.1) is 0 Å². The van der Waals surface area contributed by atoms with E-state index >= 15 is 0 Å². The lowest BCUT2D eigenvalue weighted by Crippen LogP contribution is -2.42. The number of aryl methyl sites for hydroxylation is 2. The van der Waals surface area contributed by atoms with Gasteiger partial charge in [0.2, 0.25) is 15.9 Å². The topological polar surface area (TPSA) is 66.5 Å². The molecule has 0 aromatic heterocycles. The van der Waals surface area contributed by atoms with Gasteiger partial charge >= 0.3 is 0 Å². The predicted octanol–water partition coefficient (Wildman–Crippen LogP) is 3.72. The fourth-order valence-corrected chi connectivity index (χ4v) is 4.55. The Morgan fingerprint density at radius 2 is 2.00 bits per heavy atom. The summed E-state index contributed by atoms with van der Waals surface area (Å²) in [5.74, 6) is -0.303. The normalized spacial score (nSPS) is 16.5. The SMILES string of the molecule is Cc1cc(N(CC(=O)NC2CCCc3ccccc32)S(C)(=O)=O)ccc1Br. The number of nitrogens with one attached hydrogen (secondary N) is 1. The van der Waals surface area contributed by atoms with E-state index in [2.05, 4.69) is 27.3 Å². The summed E-state index contributed by atoms with van der Waals surface area (Å²) in [4.78, 5) is 12.7. The molecule has 3 rings (SSSR count). The Morgan fingerprint density at radius 1 is 1.26 bits per heavy atom. The molecule has 1 unspecified atom stereocenters. The molecule has 0 aliphatic heterocycles. The highest BCUT2D eigenvalue weighted by atomic mass is 79.9. The summed E-state index contributed by atoms with van der Waals surface area (Å²) in [5, 5.41) is 3.02. The van der Waals surface area contributed by atoms with Crippen molar-refractivity contribution in [2.75, 3.05) is 17.1 Å². The summed E-state index contributed by atoms with van der Waals surface area (Å²) in [7, 11) is -3.59. The van der Waals surface area contributed by atoms with Crippen LogP contribution in [0, 0.1) is 6.92 Å². The van der Waals surface area contributed by atoms with Crippen LogP contribution >= 0.6 is 15.9 Å². The molecule has 144 valence electrons. The second kappa shape index (κ2) is 8.02. The van der Waals surface area contributed by atoms with Gasteiger partial charge in [0.15, 0.2) is 0 Å². The maximum atomic E-state index is 12.7. The summed E-state index contributed by atoms with van der Waals surface area (Å²) in [6, 6.07) is 13.3. The first kappa shape index (κ1) is 19.9. The number of rotatable bonds is 5. The van der Waals surface area contributed by atoms with E-state index in [1.807, 2.05) is 25.1 Å². The van der Waals surface area contributed by atoms with Gasteiger partial charge < -0.3 is 5.32 Å². The Bertz CT molecular complexity index is 959. The van der Waals surface area contributed by atoms with E-state index in [4.69, 9.17) is 0 Å². The molecule has 0 fully saturated rings. The van der Waals surface area contributed by atoms with Crippen LogP contribution in [0.2, 0.25) is 0 Å². The number of benzene rings is 2. The highest BCUT2D eigenvalue weighted by molar-refractivity contribution is 9.10. The summed E-state index contributed by atoms with van der Waals surface area (Å²) in [6.07, 6.45) is 3.99. The van der Waals surface area contributed by atoms with Crippen LogP contribution in [-0.4, -0.2) is 27.1 Å². The van der Waals surface area contributed by atoms with E-state index in [9.17, 15) is 13.2 Å². The third-order valence-electron chi connectivity index (χ3n) is 4.82. The average molecular weight is 451 g/mol. The van der Waals surface area contributed by atoms with Crippen LogP contribution in [0.1, 0.15) is 35.6 Å². The lowest BCUT2D eigenvalue weighted by Gasteiger charge is -2.28. The molecule has 7 heteroatoms. The molecule has 5 nitrogen and oxygen atoms in total. The third kappa shape index (κ3) is 4.71. The Balaban J connectivity index is 1.79. The Labute approximate surface area is 169 Å². The smallest absolute Gasteiger partial charge is 0.241 e. The lowest BCUT2D eigenvalue weighted by molar-refractivity contribution is -0.120. The molecule has 1 aliphatic carbocycles. The Kier molecular flexibility index (Phi) is 5.91. The van der Waals surface area contributed by atoms with Crippen molar-refractivity contribution in [3.05, 3.63) is 63.6 Å². The molecular formula is C20H23BrN2O3S. The molecule has 1 amide bonds. The van der Waals surface area contributed by atoms with Crippen LogP contribution < -0.4 is 9.62 Å². The summed E-state index contributed by atoms with van der Waals surface area (Å²) < 4.78 is 26.6. The van der Waals surface area contributed by atoms with Crippen molar-refractivity contribution in [1.82, 2.24) is 5.32 Å². The van der Waals surface area contributed by atoms with Crippen molar-refractivity contribution in [3.8, 4) is 0 Å². The first-order valence-corrected chi connectivity index (χ1v) is 11.5. The molecule has 1 aliphatic rings. The van der Waals surface area contributed by atoms with Crippen molar-refractivity contribution in [1.29, 1.82) is 0 Å². The van der Waals surface area contributed by atoms with Gasteiger partial charge in [0, 0.05) is 4.47 Å². The first-order valence-electron chi connectivity index (χ1n) is 8.87. The third-order valence-corrected chi connectivity index (χ3v) is 6.85. The van der Waals surface area contributed by atoms with E-state index in [0.29, 0.717) is 5.69 Å². The van der Waals surface area contributed by atoms with Gasteiger partial charge in [-0.1, -0.05) is 40.2 Å². The molecule has 0 heterocycles. The Morgan fingerprint density at radius 3 is 2.70 bits per heavy atom. The molecule has 0 saturated carbocycles. The second-order valence-corrected chi connectivity index (χ2v) is 9.68.